The average molecular weight is 428 g/mol. The molecule has 0 saturated carbocycles. The lowest BCUT2D eigenvalue weighted by Crippen LogP contribution is -2.28. The van der Waals surface area contributed by atoms with Crippen molar-refractivity contribution >= 4 is 23.2 Å². The lowest BCUT2D eigenvalue weighted by Gasteiger charge is -2.18. The molecule has 0 fully saturated rings. The first-order valence-corrected chi connectivity index (χ1v) is 11.2. The lowest BCUT2D eigenvalue weighted by atomic mass is 10.1. The molecule has 0 saturated heterocycles. The molecule has 1 N–H and O–H groups in total. The molecule has 0 aromatic heterocycles. The Morgan fingerprint density at radius 3 is 2.22 bits per heavy atom. The summed E-state index contributed by atoms with van der Waals surface area (Å²) in [4.78, 5) is 29.7. The number of hydrogen-bond acceptors (Lipinski definition) is 3. The third-order valence-corrected chi connectivity index (χ3v) is 6.04. The summed E-state index contributed by atoms with van der Waals surface area (Å²) < 4.78 is 0. The van der Waals surface area contributed by atoms with Crippen LogP contribution in [-0.4, -0.2) is 36.3 Å². The Morgan fingerprint density at radius 1 is 0.875 bits per heavy atom. The molecule has 1 aliphatic rings. The Kier molecular flexibility index (Phi) is 6.66. The summed E-state index contributed by atoms with van der Waals surface area (Å²) in [5.74, 6) is -0.177. The Balaban J connectivity index is 1.38. The molecule has 3 aromatic rings. The van der Waals surface area contributed by atoms with E-state index in [1.807, 2.05) is 47.4 Å². The zero-order valence-corrected chi connectivity index (χ0v) is 18.7. The minimum absolute atomic E-state index is 0.0170. The number of amides is 2. The Labute approximate surface area is 189 Å². The van der Waals surface area contributed by atoms with Gasteiger partial charge in [-0.25, -0.2) is 0 Å². The van der Waals surface area contributed by atoms with Gasteiger partial charge in [0, 0.05) is 35.6 Å². The molecule has 0 bridgehead atoms. The first-order chi connectivity index (χ1) is 15.6. The Hall–Kier alpha value is -3.44. The van der Waals surface area contributed by atoms with Gasteiger partial charge in [-0.3, -0.25) is 14.5 Å². The molecule has 0 aliphatic carbocycles. The van der Waals surface area contributed by atoms with Crippen LogP contribution in [0, 0.1) is 0 Å². The summed E-state index contributed by atoms with van der Waals surface area (Å²) in [6.07, 6.45) is 0.879. The summed E-state index contributed by atoms with van der Waals surface area (Å²) in [7, 11) is 0. The zero-order valence-electron chi connectivity index (χ0n) is 18.7. The molecule has 1 aliphatic heterocycles. The number of benzene rings is 3. The fourth-order valence-corrected chi connectivity index (χ4v) is 4.07. The van der Waals surface area contributed by atoms with E-state index in [9.17, 15) is 9.59 Å². The van der Waals surface area contributed by atoms with Gasteiger partial charge in [0.25, 0.3) is 11.8 Å². The van der Waals surface area contributed by atoms with E-state index < -0.39 is 0 Å². The van der Waals surface area contributed by atoms with Gasteiger partial charge >= 0.3 is 0 Å². The molecule has 164 valence electrons. The summed E-state index contributed by atoms with van der Waals surface area (Å²) in [5, 5.41) is 2.92. The minimum atomic E-state index is -0.160. The van der Waals surface area contributed by atoms with Crippen LogP contribution in [0.2, 0.25) is 0 Å². The third kappa shape index (κ3) is 4.73. The van der Waals surface area contributed by atoms with Gasteiger partial charge in [0.2, 0.25) is 0 Å². The van der Waals surface area contributed by atoms with Crippen LogP contribution in [0.15, 0.2) is 72.8 Å². The summed E-state index contributed by atoms with van der Waals surface area (Å²) in [6, 6.07) is 22.8. The molecule has 0 spiro atoms. The van der Waals surface area contributed by atoms with Crippen LogP contribution in [0.4, 0.5) is 11.4 Å². The molecule has 2 amide bonds. The predicted molar refractivity (Wildman–Crippen MR) is 129 cm³/mol. The maximum atomic E-state index is 13.0. The largest absolute Gasteiger partial charge is 0.322 e. The number of para-hydroxylation sites is 1. The molecule has 32 heavy (non-hydrogen) atoms. The minimum Gasteiger partial charge on any atom is -0.322 e. The van der Waals surface area contributed by atoms with Gasteiger partial charge < -0.3 is 10.2 Å². The molecule has 1 heterocycles. The number of fused-ring (bicyclic) bond motifs is 1. The zero-order chi connectivity index (χ0) is 22.5. The van der Waals surface area contributed by atoms with Crippen molar-refractivity contribution in [1.29, 1.82) is 0 Å². The molecule has 3 aromatic carbocycles. The van der Waals surface area contributed by atoms with Gasteiger partial charge in [-0.2, -0.15) is 0 Å². The molecule has 0 radical (unpaired) electrons. The quantitative estimate of drug-likeness (QED) is 0.578. The van der Waals surface area contributed by atoms with E-state index >= 15 is 0 Å². The topological polar surface area (TPSA) is 52.7 Å². The van der Waals surface area contributed by atoms with Crippen molar-refractivity contribution in [2.24, 2.45) is 0 Å². The number of rotatable bonds is 7. The van der Waals surface area contributed by atoms with Gasteiger partial charge in [0.15, 0.2) is 0 Å². The fraction of sp³-hybridized carbons (Fsp3) is 0.259. The first-order valence-electron chi connectivity index (χ1n) is 11.2. The monoisotopic (exact) mass is 427 g/mol. The summed E-state index contributed by atoms with van der Waals surface area (Å²) in [5.41, 5.74) is 5.27. The predicted octanol–water partition coefficient (Wildman–Crippen LogP) is 4.98. The molecule has 0 atom stereocenters. The number of carbonyl (C=O) groups is 2. The summed E-state index contributed by atoms with van der Waals surface area (Å²) >= 11 is 0. The molecular formula is C27H29N3O2. The first kappa shape index (κ1) is 21.8. The summed E-state index contributed by atoms with van der Waals surface area (Å²) in [6.45, 7) is 7.87. The van der Waals surface area contributed by atoms with Crippen molar-refractivity contribution in [3.63, 3.8) is 0 Å². The molecule has 5 heteroatoms. The second-order valence-electron chi connectivity index (χ2n) is 8.03. The van der Waals surface area contributed by atoms with Gasteiger partial charge in [-0.15, -0.1) is 0 Å². The van der Waals surface area contributed by atoms with E-state index in [-0.39, 0.29) is 11.8 Å². The van der Waals surface area contributed by atoms with E-state index in [1.54, 1.807) is 24.3 Å². The van der Waals surface area contributed by atoms with Crippen LogP contribution in [0.5, 0.6) is 0 Å². The second kappa shape index (κ2) is 9.79. The fourth-order valence-electron chi connectivity index (χ4n) is 4.07. The number of hydrogen-bond donors (Lipinski definition) is 1. The number of anilines is 2. The van der Waals surface area contributed by atoms with Crippen molar-refractivity contribution in [2.45, 2.75) is 26.8 Å². The molecular weight excluding hydrogens is 398 g/mol. The van der Waals surface area contributed by atoms with Crippen LogP contribution >= 0.6 is 0 Å². The maximum absolute atomic E-state index is 13.0. The maximum Gasteiger partial charge on any atom is 0.258 e. The van der Waals surface area contributed by atoms with Crippen molar-refractivity contribution in [3.05, 3.63) is 95.1 Å². The normalized spacial score (nSPS) is 12.7. The highest BCUT2D eigenvalue weighted by atomic mass is 16.2. The van der Waals surface area contributed by atoms with E-state index in [1.165, 1.54) is 11.1 Å². The second-order valence-corrected chi connectivity index (χ2v) is 8.03. The molecule has 0 unspecified atom stereocenters. The number of nitrogens with one attached hydrogen (secondary N) is 1. The Morgan fingerprint density at radius 2 is 1.53 bits per heavy atom. The number of nitrogens with zero attached hydrogens (tertiary/aromatic N) is 2. The van der Waals surface area contributed by atoms with Crippen LogP contribution < -0.4 is 10.2 Å². The van der Waals surface area contributed by atoms with Crippen LogP contribution in [0.3, 0.4) is 0 Å². The van der Waals surface area contributed by atoms with Crippen LogP contribution in [-0.2, 0) is 13.0 Å². The van der Waals surface area contributed by atoms with Crippen molar-refractivity contribution < 1.29 is 9.59 Å². The van der Waals surface area contributed by atoms with Crippen LogP contribution in [0.25, 0.3) is 0 Å². The lowest BCUT2D eigenvalue weighted by molar-refractivity contribution is 0.0988. The highest BCUT2D eigenvalue weighted by Crippen LogP contribution is 2.29. The standard InChI is InChI=1S/C27H29N3O2/c1-3-29(4-2)19-20-9-11-22(12-10-20)26(31)28-24-15-13-23(14-16-24)27(32)30-18-17-21-7-5-6-8-25(21)30/h5-16H,3-4,17-19H2,1-2H3,(H,28,31). The van der Waals surface area contributed by atoms with Gasteiger partial charge in [0.1, 0.15) is 0 Å². The van der Waals surface area contributed by atoms with E-state index in [0.29, 0.717) is 23.4 Å². The van der Waals surface area contributed by atoms with E-state index in [0.717, 1.165) is 31.7 Å². The highest BCUT2D eigenvalue weighted by molar-refractivity contribution is 6.08. The van der Waals surface area contributed by atoms with Gasteiger partial charge in [-0.1, -0.05) is 44.2 Å². The van der Waals surface area contributed by atoms with Crippen LogP contribution in [0.1, 0.15) is 45.7 Å². The smallest absolute Gasteiger partial charge is 0.258 e. The SMILES string of the molecule is CCN(CC)Cc1ccc(C(=O)Nc2ccc(C(=O)N3CCc4ccccc43)cc2)cc1. The van der Waals surface area contributed by atoms with Crippen molar-refractivity contribution in [2.75, 3.05) is 29.9 Å². The van der Waals surface area contributed by atoms with E-state index in [4.69, 9.17) is 0 Å². The average Bonchev–Trinajstić information content (AvgIpc) is 3.27. The third-order valence-electron chi connectivity index (χ3n) is 6.04. The van der Waals surface area contributed by atoms with Gasteiger partial charge in [-0.05, 0) is 73.1 Å². The highest BCUT2D eigenvalue weighted by Gasteiger charge is 2.25. The van der Waals surface area contributed by atoms with Gasteiger partial charge in [0.05, 0.1) is 0 Å². The van der Waals surface area contributed by atoms with Crippen molar-refractivity contribution in [1.82, 2.24) is 4.90 Å². The van der Waals surface area contributed by atoms with E-state index in [2.05, 4.69) is 30.1 Å². The molecule has 5 nitrogen and oxygen atoms in total. The molecule has 4 rings (SSSR count). The van der Waals surface area contributed by atoms with Crippen molar-refractivity contribution in [3.8, 4) is 0 Å². The number of carbonyl (C=O) groups excluding carboxylic acids is 2. The Bertz CT molecular complexity index is 1090.